The molecule has 2 aliphatic heterocycles. The van der Waals surface area contributed by atoms with E-state index in [1.165, 1.54) is 72.3 Å². The van der Waals surface area contributed by atoms with Crippen LogP contribution >= 0.6 is 0 Å². The van der Waals surface area contributed by atoms with Crippen LogP contribution < -0.4 is 10.9 Å². The Morgan fingerprint density at radius 2 is 1.07 bits per heavy atom. The lowest BCUT2D eigenvalue weighted by Gasteiger charge is -2.48. The van der Waals surface area contributed by atoms with Crippen molar-refractivity contribution in [3.8, 4) is 0 Å². The van der Waals surface area contributed by atoms with Crippen LogP contribution in [-0.2, 0) is 0 Å². The van der Waals surface area contributed by atoms with E-state index in [1.54, 1.807) is 0 Å². The summed E-state index contributed by atoms with van der Waals surface area (Å²) in [4.78, 5) is 0. The lowest BCUT2D eigenvalue weighted by Crippen LogP contribution is -2.73. The summed E-state index contributed by atoms with van der Waals surface area (Å²) >= 11 is 0. The van der Waals surface area contributed by atoms with Gasteiger partial charge in [0.15, 0.2) is 0 Å². The van der Waals surface area contributed by atoms with Crippen LogP contribution in [0.15, 0.2) is 140 Å². The van der Waals surface area contributed by atoms with Crippen molar-refractivity contribution >= 4 is 56.8 Å². The van der Waals surface area contributed by atoms with E-state index in [-0.39, 0.29) is 0 Å². The molecule has 5 aromatic carbocycles. The summed E-state index contributed by atoms with van der Waals surface area (Å²) in [6.07, 6.45) is 0.711. The Labute approximate surface area is 251 Å². The normalized spacial score (nSPS) is 15.0. The molecule has 0 amide bonds. The molecule has 0 N–H and O–H groups in total. The van der Waals surface area contributed by atoms with Gasteiger partial charge in [0.2, 0.25) is 0 Å². The van der Waals surface area contributed by atoms with Crippen LogP contribution in [0.5, 0.6) is 0 Å². The molecule has 4 heterocycles. The molecular weight excluding hydrogens is 521 g/mol. The maximum atomic E-state index is 2.69. The van der Waals surface area contributed by atoms with Gasteiger partial charge < -0.3 is 8.96 Å². The van der Waals surface area contributed by atoms with Crippen LogP contribution in [0.2, 0.25) is 0 Å². The summed E-state index contributed by atoms with van der Waals surface area (Å²) in [5, 5.41) is 2.53. The number of benzene rings is 5. The molecule has 0 radical (unpaired) electrons. The lowest BCUT2D eigenvalue weighted by atomic mass is 9.35. The zero-order chi connectivity index (χ0) is 28.7. The minimum atomic E-state index is -1.71. The number of fused-ring (bicyclic) bond motifs is 7. The van der Waals surface area contributed by atoms with Crippen LogP contribution in [0.25, 0.3) is 33.6 Å². The molecule has 204 valence electrons. The highest BCUT2D eigenvalue weighted by atomic mass is 15.2. The van der Waals surface area contributed by atoms with E-state index >= 15 is 0 Å². The maximum absolute atomic E-state index is 2.69. The molecule has 0 unspecified atom stereocenters. The Morgan fingerprint density at radius 3 is 1.67 bits per heavy atom. The lowest BCUT2D eigenvalue weighted by molar-refractivity contribution is -0.283. The van der Waals surface area contributed by atoms with Crippen LogP contribution in [0.3, 0.4) is 0 Å². The van der Waals surface area contributed by atoms with Crippen molar-refractivity contribution in [3.05, 3.63) is 168 Å². The van der Waals surface area contributed by atoms with Crippen molar-refractivity contribution in [1.82, 2.24) is 9.05 Å². The SMILES string of the molecule is Cc1cc(C)n2c1C=C1c3ccccc3C(n3c4ccccc4c4ccccc43)=[N+]1[B-]2(c1ccccc1)c1ccccc1. The molecule has 0 spiro atoms. The number of hydrogen-bond acceptors (Lipinski definition) is 0. The first-order chi connectivity index (χ1) is 21.2. The molecule has 4 heteroatoms. The Kier molecular flexibility index (Phi) is 4.98. The first-order valence-corrected chi connectivity index (χ1v) is 15.1. The molecule has 0 saturated carbocycles. The molecule has 0 fully saturated rings. The van der Waals surface area contributed by atoms with Gasteiger partial charge in [-0.15, -0.1) is 10.9 Å². The second kappa shape index (κ2) is 8.83. The van der Waals surface area contributed by atoms with Crippen LogP contribution in [0.1, 0.15) is 28.1 Å². The predicted molar refractivity (Wildman–Crippen MR) is 181 cm³/mol. The molecule has 2 aliphatic rings. The number of aromatic nitrogens is 2. The molecule has 3 nitrogen and oxygen atoms in total. The minimum absolute atomic E-state index is 1.20. The van der Waals surface area contributed by atoms with Gasteiger partial charge in [-0.1, -0.05) is 97.1 Å². The summed E-state index contributed by atoms with van der Waals surface area (Å²) in [6, 6.07) is 51.3. The third-order valence-corrected chi connectivity index (χ3v) is 9.74. The Bertz CT molecular complexity index is 2210. The third-order valence-electron chi connectivity index (χ3n) is 9.74. The molecule has 2 aromatic heterocycles. The van der Waals surface area contributed by atoms with Gasteiger partial charge in [-0.05, 0) is 67.6 Å². The van der Waals surface area contributed by atoms with Crippen molar-refractivity contribution in [2.24, 2.45) is 0 Å². The highest BCUT2D eigenvalue weighted by molar-refractivity contribution is 6.96. The van der Waals surface area contributed by atoms with Crippen molar-refractivity contribution in [1.29, 1.82) is 0 Å². The first-order valence-electron chi connectivity index (χ1n) is 15.1. The van der Waals surface area contributed by atoms with Gasteiger partial charge in [-0.25, -0.2) is 0 Å². The highest BCUT2D eigenvalue weighted by Gasteiger charge is 2.50. The highest BCUT2D eigenvalue weighted by Crippen LogP contribution is 2.42. The Hall–Kier alpha value is -5.35. The van der Waals surface area contributed by atoms with Gasteiger partial charge >= 0.3 is 6.42 Å². The van der Waals surface area contributed by atoms with Crippen LogP contribution in [-0.4, -0.2) is 25.8 Å². The largest absolute Gasteiger partial charge is 0.473 e. The Morgan fingerprint density at radius 1 is 0.558 bits per heavy atom. The van der Waals surface area contributed by atoms with Crippen molar-refractivity contribution < 1.29 is 4.49 Å². The van der Waals surface area contributed by atoms with E-state index in [0.29, 0.717) is 0 Å². The fourth-order valence-corrected chi connectivity index (χ4v) is 8.17. The summed E-state index contributed by atoms with van der Waals surface area (Å²) in [7, 11) is 0. The molecule has 0 atom stereocenters. The second-order valence-electron chi connectivity index (χ2n) is 12.0. The molecule has 0 saturated heterocycles. The van der Waals surface area contributed by atoms with E-state index in [0.717, 1.165) is 0 Å². The third kappa shape index (κ3) is 3.07. The molecule has 0 aliphatic carbocycles. The van der Waals surface area contributed by atoms with Gasteiger partial charge in [-0.2, -0.15) is 4.57 Å². The standard InChI is InChI=1S/C39H30BN3/c1-27-25-28(2)42-37(27)26-38-33-21-9-10-22-34(33)39(41-35-23-13-11-19-31(35)32-20-12-14-24-36(32)41)43(38)40(42,29-15-5-3-6-16-29)30-17-7-4-8-18-30/h3-26H,1-2H3. The first kappa shape index (κ1) is 24.3. The summed E-state index contributed by atoms with van der Waals surface area (Å²) in [6.45, 7) is 4.52. The molecule has 43 heavy (non-hydrogen) atoms. The van der Waals surface area contributed by atoms with Crippen molar-refractivity contribution in [3.63, 3.8) is 0 Å². The summed E-state index contributed by atoms with van der Waals surface area (Å²) < 4.78 is 7.83. The van der Waals surface area contributed by atoms with E-state index in [9.17, 15) is 0 Å². The van der Waals surface area contributed by atoms with E-state index < -0.39 is 6.42 Å². The van der Waals surface area contributed by atoms with Gasteiger partial charge in [0.1, 0.15) is 11.0 Å². The molecule has 9 rings (SSSR count). The summed E-state index contributed by atoms with van der Waals surface area (Å²) in [5.74, 6) is 1.20. The smallest absolute Gasteiger partial charge is 0.345 e. The van der Waals surface area contributed by atoms with Gasteiger partial charge in [0.05, 0.1) is 11.3 Å². The minimum Gasteiger partial charge on any atom is -0.473 e. The average Bonchev–Trinajstić information content (AvgIpc) is 3.67. The molecule has 0 bridgehead atoms. The number of rotatable bonds is 2. The molecule has 7 aromatic rings. The van der Waals surface area contributed by atoms with Crippen molar-refractivity contribution in [2.75, 3.05) is 0 Å². The quantitative estimate of drug-likeness (QED) is 0.203. The topological polar surface area (TPSA) is 12.9 Å². The van der Waals surface area contributed by atoms with E-state index in [1.807, 2.05) is 0 Å². The van der Waals surface area contributed by atoms with Crippen LogP contribution in [0.4, 0.5) is 0 Å². The fraction of sp³-hybridized carbons (Fsp3) is 0.0513. The van der Waals surface area contributed by atoms with Gasteiger partial charge in [0, 0.05) is 28.1 Å². The summed E-state index contributed by atoms with van der Waals surface area (Å²) in [5.41, 5.74) is 12.6. The zero-order valence-corrected chi connectivity index (χ0v) is 24.3. The average molecular weight is 552 g/mol. The fourth-order valence-electron chi connectivity index (χ4n) is 8.17. The monoisotopic (exact) mass is 551 g/mol. The second-order valence-corrected chi connectivity index (χ2v) is 12.0. The van der Waals surface area contributed by atoms with Crippen LogP contribution in [0, 0.1) is 13.8 Å². The van der Waals surface area contributed by atoms with Gasteiger partial charge in [-0.3, -0.25) is 0 Å². The number of para-hydroxylation sites is 2. The number of hydrogen-bond donors (Lipinski definition) is 0. The number of aryl methyl sites for hydroxylation is 2. The predicted octanol–water partition coefficient (Wildman–Crippen LogP) is 7.15. The molecular formula is C39H30BN3. The van der Waals surface area contributed by atoms with Gasteiger partial charge in [0.25, 0.3) is 5.84 Å². The number of nitrogens with zero attached hydrogens (tertiary/aromatic N) is 3. The Balaban J connectivity index is 1.58. The maximum Gasteiger partial charge on any atom is 0.345 e. The van der Waals surface area contributed by atoms with E-state index in [2.05, 4.69) is 173 Å². The zero-order valence-electron chi connectivity index (χ0n) is 24.3. The van der Waals surface area contributed by atoms with Crippen molar-refractivity contribution in [2.45, 2.75) is 13.8 Å². The van der Waals surface area contributed by atoms with E-state index in [4.69, 9.17) is 0 Å².